The van der Waals surface area contributed by atoms with Gasteiger partial charge < -0.3 is 10.1 Å². The van der Waals surface area contributed by atoms with Crippen molar-refractivity contribution in [2.75, 3.05) is 13.7 Å². The van der Waals surface area contributed by atoms with Crippen molar-refractivity contribution in [1.82, 2.24) is 5.32 Å². The molecule has 2 atom stereocenters. The van der Waals surface area contributed by atoms with E-state index < -0.39 is 0 Å². The molecule has 0 aromatic heterocycles. The van der Waals surface area contributed by atoms with Crippen LogP contribution in [0.3, 0.4) is 0 Å². The minimum atomic E-state index is 0.450. The van der Waals surface area contributed by atoms with Gasteiger partial charge in [-0.2, -0.15) is 0 Å². The van der Waals surface area contributed by atoms with Gasteiger partial charge in [-0.3, -0.25) is 0 Å². The van der Waals surface area contributed by atoms with Gasteiger partial charge in [-0.25, -0.2) is 0 Å². The van der Waals surface area contributed by atoms with E-state index in [1.165, 1.54) is 51.4 Å². The first-order chi connectivity index (χ1) is 7.90. The fourth-order valence-corrected chi connectivity index (χ4v) is 3.00. The Kier molecular flexibility index (Phi) is 4.86. The highest BCUT2D eigenvalue weighted by Gasteiger charge is 2.23. The Morgan fingerprint density at radius 1 is 1.31 bits per heavy atom. The summed E-state index contributed by atoms with van der Waals surface area (Å²) < 4.78 is 5.55. The van der Waals surface area contributed by atoms with Crippen LogP contribution in [0.5, 0.6) is 0 Å². The van der Waals surface area contributed by atoms with E-state index in [-0.39, 0.29) is 0 Å². The van der Waals surface area contributed by atoms with Crippen LogP contribution >= 0.6 is 0 Å². The number of nitrogens with one attached hydrogen (secondary N) is 1. The Labute approximate surface area is 99.4 Å². The number of hydrogen-bond acceptors (Lipinski definition) is 2. The summed E-state index contributed by atoms with van der Waals surface area (Å²) in [7, 11) is 1.85. The molecule has 2 aliphatic rings. The molecule has 0 bridgehead atoms. The first kappa shape index (κ1) is 12.1. The van der Waals surface area contributed by atoms with Crippen molar-refractivity contribution in [1.29, 1.82) is 0 Å². The standard InChI is InChI=1S/C14H25NO/c1-16-14-9-5-4-8-13(14)15-11-10-12-6-2-3-7-12/h6,13-15H,2-5,7-11H2,1H3. The van der Waals surface area contributed by atoms with Crippen LogP contribution in [0.4, 0.5) is 0 Å². The lowest BCUT2D eigenvalue weighted by Crippen LogP contribution is -2.43. The summed E-state index contributed by atoms with van der Waals surface area (Å²) in [5.74, 6) is 0. The molecule has 1 fully saturated rings. The van der Waals surface area contributed by atoms with Gasteiger partial charge in [0.15, 0.2) is 0 Å². The molecule has 2 heteroatoms. The number of rotatable bonds is 5. The third-order valence-electron chi connectivity index (χ3n) is 3.99. The van der Waals surface area contributed by atoms with Gasteiger partial charge in [0, 0.05) is 13.2 Å². The normalized spacial score (nSPS) is 30.4. The number of methoxy groups -OCH3 is 1. The molecule has 2 unspecified atom stereocenters. The fourth-order valence-electron chi connectivity index (χ4n) is 3.00. The van der Waals surface area contributed by atoms with Crippen LogP contribution in [0, 0.1) is 0 Å². The summed E-state index contributed by atoms with van der Waals surface area (Å²) in [6.45, 7) is 1.14. The van der Waals surface area contributed by atoms with E-state index in [1.807, 2.05) is 7.11 Å². The van der Waals surface area contributed by atoms with Gasteiger partial charge >= 0.3 is 0 Å². The lowest BCUT2D eigenvalue weighted by molar-refractivity contribution is 0.0421. The molecule has 2 aliphatic carbocycles. The lowest BCUT2D eigenvalue weighted by Gasteiger charge is -2.31. The Bertz CT molecular complexity index is 237. The maximum atomic E-state index is 5.55. The lowest BCUT2D eigenvalue weighted by atomic mass is 9.92. The fraction of sp³-hybridized carbons (Fsp3) is 0.857. The average molecular weight is 223 g/mol. The van der Waals surface area contributed by atoms with Crippen LogP contribution in [-0.4, -0.2) is 25.8 Å². The molecule has 0 spiro atoms. The van der Waals surface area contributed by atoms with Crippen LogP contribution in [-0.2, 0) is 4.74 Å². The summed E-state index contributed by atoms with van der Waals surface area (Å²) in [5, 5.41) is 3.68. The minimum absolute atomic E-state index is 0.450. The maximum absolute atomic E-state index is 5.55. The van der Waals surface area contributed by atoms with E-state index in [4.69, 9.17) is 4.74 Å². The van der Waals surface area contributed by atoms with E-state index in [9.17, 15) is 0 Å². The zero-order chi connectivity index (χ0) is 11.2. The Balaban J connectivity index is 1.67. The molecule has 0 amide bonds. The number of hydrogen-bond donors (Lipinski definition) is 1. The Hall–Kier alpha value is -0.340. The molecule has 0 heterocycles. The molecule has 16 heavy (non-hydrogen) atoms. The molecule has 0 radical (unpaired) electrons. The molecule has 1 N–H and O–H groups in total. The summed E-state index contributed by atoms with van der Waals surface area (Å²) >= 11 is 0. The van der Waals surface area contributed by atoms with Crippen molar-refractivity contribution in [2.24, 2.45) is 0 Å². The quantitative estimate of drug-likeness (QED) is 0.723. The van der Waals surface area contributed by atoms with Gasteiger partial charge in [0.1, 0.15) is 0 Å². The van der Waals surface area contributed by atoms with Crippen LogP contribution in [0.25, 0.3) is 0 Å². The smallest absolute Gasteiger partial charge is 0.0724 e. The van der Waals surface area contributed by atoms with Gasteiger partial charge in [-0.1, -0.05) is 24.5 Å². The van der Waals surface area contributed by atoms with Crippen LogP contribution in [0.15, 0.2) is 11.6 Å². The topological polar surface area (TPSA) is 21.3 Å². The molecule has 2 rings (SSSR count). The van der Waals surface area contributed by atoms with Crippen molar-refractivity contribution in [3.63, 3.8) is 0 Å². The van der Waals surface area contributed by atoms with E-state index in [1.54, 1.807) is 5.57 Å². The minimum Gasteiger partial charge on any atom is -0.380 e. The monoisotopic (exact) mass is 223 g/mol. The van der Waals surface area contributed by atoms with Crippen LogP contribution in [0.2, 0.25) is 0 Å². The second-order valence-electron chi connectivity index (χ2n) is 5.12. The van der Waals surface area contributed by atoms with Gasteiger partial charge in [0.2, 0.25) is 0 Å². The van der Waals surface area contributed by atoms with Crippen LogP contribution in [0.1, 0.15) is 51.4 Å². The Morgan fingerprint density at radius 3 is 2.94 bits per heavy atom. The molecule has 92 valence electrons. The van der Waals surface area contributed by atoms with E-state index in [2.05, 4.69) is 11.4 Å². The summed E-state index contributed by atoms with van der Waals surface area (Å²) in [4.78, 5) is 0. The Morgan fingerprint density at radius 2 is 2.19 bits per heavy atom. The molecular formula is C14H25NO. The van der Waals surface area contributed by atoms with Crippen molar-refractivity contribution in [3.05, 3.63) is 11.6 Å². The van der Waals surface area contributed by atoms with Gasteiger partial charge in [-0.05, 0) is 45.1 Å². The molecule has 0 aliphatic heterocycles. The second-order valence-corrected chi connectivity index (χ2v) is 5.12. The summed E-state index contributed by atoms with van der Waals surface area (Å²) in [6.07, 6.45) is 13.4. The molecule has 2 nitrogen and oxygen atoms in total. The predicted molar refractivity (Wildman–Crippen MR) is 67.6 cm³/mol. The third kappa shape index (κ3) is 3.33. The van der Waals surface area contributed by atoms with Crippen molar-refractivity contribution in [3.8, 4) is 0 Å². The average Bonchev–Trinajstić information content (AvgIpc) is 2.83. The maximum Gasteiger partial charge on any atom is 0.0724 e. The van der Waals surface area contributed by atoms with Crippen LogP contribution < -0.4 is 5.32 Å². The predicted octanol–water partition coefficient (Wildman–Crippen LogP) is 3.03. The summed E-state index contributed by atoms with van der Waals surface area (Å²) in [6, 6.07) is 0.598. The van der Waals surface area contributed by atoms with Gasteiger partial charge in [-0.15, -0.1) is 0 Å². The zero-order valence-corrected chi connectivity index (χ0v) is 10.5. The SMILES string of the molecule is COC1CCCCC1NCCC1=CCCC1. The molecule has 0 aromatic carbocycles. The first-order valence-corrected chi connectivity index (χ1v) is 6.84. The molecule has 1 saturated carbocycles. The molecule has 0 saturated heterocycles. The first-order valence-electron chi connectivity index (χ1n) is 6.84. The molecule has 0 aromatic rings. The highest BCUT2D eigenvalue weighted by molar-refractivity contribution is 5.07. The van der Waals surface area contributed by atoms with Crippen molar-refractivity contribution in [2.45, 2.75) is 63.5 Å². The van der Waals surface area contributed by atoms with Crippen molar-refractivity contribution >= 4 is 0 Å². The van der Waals surface area contributed by atoms with E-state index in [0.717, 1.165) is 6.54 Å². The second kappa shape index (κ2) is 6.41. The summed E-state index contributed by atoms with van der Waals surface area (Å²) in [5.41, 5.74) is 1.66. The highest BCUT2D eigenvalue weighted by Crippen LogP contribution is 2.22. The van der Waals surface area contributed by atoms with Gasteiger partial charge in [0.25, 0.3) is 0 Å². The largest absolute Gasteiger partial charge is 0.380 e. The highest BCUT2D eigenvalue weighted by atomic mass is 16.5. The van der Waals surface area contributed by atoms with E-state index in [0.29, 0.717) is 12.1 Å². The zero-order valence-electron chi connectivity index (χ0n) is 10.5. The number of ether oxygens (including phenoxy) is 1. The van der Waals surface area contributed by atoms with E-state index >= 15 is 0 Å². The van der Waals surface area contributed by atoms with Gasteiger partial charge in [0.05, 0.1) is 6.10 Å². The number of allylic oxidation sites excluding steroid dienone is 1. The van der Waals surface area contributed by atoms with Crippen molar-refractivity contribution < 1.29 is 4.74 Å². The molecular weight excluding hydrogens is 198 g/mol. The third-order valence-corrected chi connectivity index (χ3v) is 3.99.